The molecule has 0 heterocycles. The molecule has 1 aliphatic carbocycles. The molecule has 0 aliphatic heterocycles. The number of nitrogens with one attached hydrogen (secondary N) is 1. The van der Waals surface area contributed by atoms with E-state index >= 15 is 0 Å². The highest BCUT2D eigenvalue weighted by molar-refractivity contribution is 4.76. The SMILES string of the molecule is CCOC1CCC(CNC)C1. The van der Waals surface area contributed by atoms with Gasteiger partial charge in [0.2, 0.25) is 0 Å². The predicted molar refractivity (Wildman–Crippen MR) is 46.7 cm³/mol. The van der Waals surface area contributed by atoms with Gasteiger partial charge in [-0.1, -0.05) is 0 Å². The Bertz CT molecular complexity index is 93.7. The Morgan fingerprint density at radius 2 is 2.27 bits per heavy atom. The Hall–Kier alpha value is -0.0800. The minimum absolute atomic E-state index is 0.554. The first-order chi connectivity index (χ1) is 5.36. The summed E-state index contributed by atoms with van der Waals surface area (Å²) >= 11 is 0. The van der Waals surface area contributed by atoms with Gasteiger partial charge in [0, 0.05) is 6.61 Å². The fourth-order valence-electron chi connectivity index (χ4n) is 1.89. The minimum atomic E-state index is 0.554. The quantitative estimate of drug-likeness (QED) is 0.666. The van der Waals surface area contributed by atoms with Gasteiger partial charge in [-0.15, -0.1) is 0 Å². The molecule has 0 saturated heterocycles. The van der Waals surface area contributed by atoms with Crippen LogP contribution in [0.5, 0.6) is 0 Å². The third-order valence-electron chi connectivity index (χ3n) is 2.39. The maximum absolute atomic E-state index is 5.55. The number of hydrogen-bond donors (Lipinski definition) is 1. The molecule has 2 nitrogen and oxygen atoms in total. The van der Waals surface area contributed by atoms with E-state index in [4.69, 9.17) is 4.74 Å². The van der Waals surface area contributed by atoms with E-state index in [9.17, 15) is 0 Å². The summed E-state index contributed by atoms with van der Waals surface area (Å²) in [6.45, 7) is 4.10. The van der Waals surface area contributed by atoms with Crippen molar-refractivity contribution in [2.45, 2.75) is 32.3 Å². The van der Waals surface area contributed by atoms with Crippen LogP contribution in [0.25, 0.3) is 0 Å². The van der Waals surface area contributed by atoms with Crippen molar-refractivity contribution in [2.75, 3.05) is 20.2 Å². The van der Waals surface area contributed by atoms with Gasteiger partial charge in [-0.05, 0) is 45.7 Å². The number of rotatable bonds is 4. The molecule has 1 rings (SSSR count). The van der Waals surface area contributed by atoms with Gasteiger partial charge in [0.05, 0.1) is 6.10 Å². The lowest BCUT2D eigenvalue weighted by Gasteiger charge is -2.10. The first kappa shape index (κ1) is 9.01. The smallest absolute Gasteiger partial charge is 0.0578 e. The zero-order valence-electron chi connectivity index (χ0n) is 7.60. The van der Waals surface area contributed by atoms with Crippen molar-refractivity contribution in [3.63, 3.8) is 0 Å². The summed E-state index contributed by atoms with van der Waals surface area (Å²) in [4.78, 5) is 0. The number of ether oxygens (including phenoxy) is 1. The Labute approximate surface area is 69.3 Å². The van der Waals surface area contributed by atoms with Crippen molar-refractivity contribution in [3.8, 4) is 0 Å². The average molecular weight is 157 g/mol. The Kier molecular flexibility index (Phi) is 3.87. The van der Waals surface area contributed by atoms with Gasteiger partial charge < -0.3 is 10.1 Å². The maximum Gasteiger partial charge on any atom is 0.0578 e. The summed E-state index contributed by atoms with van der Waals surface area (Å²) < 4.78 is 5.55. The van der Waals surface area contributed by atoms with Crippen molar-refractivity contribution in [3.05, 3.63) is 0 Å². The second kappa shape index (κ2) is 4.73. The molecule has 2 heteroatoms. The van der Waals surface area contributed by atoms with E-state index in [0.717, 1.165) is 19.1 Å². The van der Waals surface area contributed by atoms with Crippen LogP contribution in [-0.4, -0.2) is 26.3 Å². The van der Waals surface area contributed by atoms with Crippen LogP contribution in [0.15, 0.2) is 0 Å². The van der Waals surface area contributed by atoms with Crippen LogP contribution in [0.3, 0.4) is 0 Å². The van der Waals surface area contributed by atoms with Crippen molar-refractivity contribution in [1.82, 2.24) is 5.32 Å². The average Bonchev–Trinajstić information content (AvgIpc) is 2.38. The Morgan fingerprint density at radius 1 is 1.45 bits per heavy atom. The second-order valence-electron chi connectivity index (χ2n) is 3.31. The van der Waals surface area contributed by atoms with Crippen molar-refractivity contribution < 1.29 is 4.74 Å². The summed E-state index contributed by atoms with van der Waals surface area (Å²) in [5.41, 5.74) is 0. The van der Waals surface area contributed by atoms with Crippen LogP contribution < -0.4 is 5.32 Å². The van der Waals surface area contributed by atoms with E-state index < -0.39 is 0 Å². The fraction of sp³-hybridized carbons (Fsp3) is 1.00. The van der Waals surface area contributed by atoms with E-state index in [0.29, 0.717) is 6.10 Å². The molecule has 2 atom stereocenters. The first-order valence-electron chi connectivity index (χ1n) is 4.63. The first-order valence-corrected chi connectivity index (χ1v) is 4.63. The van der Waals surface area contributed by atoms with Gasteiger partial charge in [-0.2, -0.15) is 0 Å². The Balaban J connectivity index is 2.12. The molecule has 0 aromatic rings. The lowest BCUT2D eigenvalue weighted by atomic mass is 10.1. The summed E-state index contributed by atoms with van der Waals surface area (Å²) in [5, 5.41) is 3.22. The standard InChI is InChI=1S/C9H19NO/c1-3-11-9-5-4-8(6-9)7-10-2/h8-10H,3-7H2,1-2H3. The molecule has 0 radical (unpaired) electrons. The van der Waals surface area contributed by atoms with Gasteiger partial charge >= 0.3 is 0 Å². The minimum Gasteiger partial charge on any atom is -0.378 e. The molecule has 1 saturated carbocycles. The summed E-state index contributed by atoms with van der Waals surface area (Å²) in [6.07, 6.45) is 4.42. The molecule has 0 aromatic heterocycles. The molecule has 1 fully saturated rings. The van der Waals surface area contributed by atoms with Gasteiger partial charge in [-0.3, -0.25) is 0 Å². The summed E-state index contributed by atoms with van der Waals surface area (Å²) in [5.74, 6) is 0.858. The third kappa shape index (κ3) is 2.80. The van der Waals surface area contributed by atoms with Crippen LogP contribution in [0.4, 0.5) is 0 Å². The number of hydrogen-bond acceptors (Lipinski definition) is 2. The maximum atomic E-state index is 5.55. The topological polar surface area (TPSA) is 21.3 Å². The van der Waals surface area contributed by atoms with E-state index in [2.05, 4.69) is 12.2 Å². The molecular formula is C9H19NO. The highest BCUT2D eigenvalue weighted by Crippen LogP contribution is 2.26. The zero-order chi connectivity index (χ0) is 8.10. The second-order valence-corrected chi connectivity index (χ2v) is 3.31. The van der Waals surface area contributed by atoms with E-state index in [1.165, 1.54) is 19.3 Å². The van der Waals surface area contributed by atoms with Crippen LogP contribution in [-0.2, 0) is 4.74 Å². The molecule has 11 heavy (non-hydrogen) atoms. The fourth-order valence-corrected chi connectivity index (χ4v) is 1.89. The van der Waals surface area contributed by atoms with Crippen molar-refractivity contribution >= 4 is 0 Å². The van der Waals surface area contributed by atoms with Crippen molar-refractivity contribution in [2.24, 2.45) is 5.92 Å². The zero-order valence-corrected chi connectivity index (χ0v) is 7.60. The largest absolute Gasteiger partial charge is 0.378 e. The van der Waals surface area contributed by atoms with E-state index in [1.807, 2.05) is 7.05 Å². The summed E-state index contributed by atoms with van der Waals surface area (Å²) in [7, 11) is 2.02. The summed E-state index contributed by atoms with van der Waals surface area (Å²) in [6, 6.07) is 0. The lowest BCUT2D eigenvalue weighted by molar-refractivity contribution is 0.0655. The predicted octanol–water partition coefficient (Wildman–Crippen LogP) is 1.41. The molecular weight excluding hydrogens is 138 g/mol. The molecule has 0 spiro atoms. The molecule has 0 bridgehead atoms. The molecule has 1 N–H and O–H groups in total. The van der Waals surface area contributed by atoms with Crippen molar-refractivity contribution in [1.29, 1.82) is 0 Å². The Morgan fingerprint density at radius 3 is 2.91 bits per heavy atom. The van der Waals surface area contributed by atoms with E-state index in [-0.39, 0.29) is 0 Å². The molecule has 66 valence electrons. The lowest BCUT2D eigenvalue weighted by Crippen LogP contribution is -2.17. The normalized spacial score (nSPS) is 31.1. The van der Waals surface area contributed by atoms with Gasteiger partial charge in [-0.25, -0.2) is 0 Å². The highest BCUT2D eigenvalue weighted by atomic mass is 16.5. The van der Waals surface area contributed by atoms with Gasteiger partial charge in [0.15, 0.2) is 0 Å². The molecule has 0 aromatic carbocycles. The highest BCUT2D eigenvalue weighted by Gasteiger charge is 2.23. The molecule has 2 unspecified atom stereocenters. The van der Waals surface area contributed by atoms with Gasteiger partial charge in [0.1, 0.15) is 0 Å². The van der Waals surface area contributed by atoms with Crippen LogP contribution in [0.2, 0.25) is 0 Å². The van der Waals surface area contributed by atoms with Crippen LogP contribution >= 0.6 is 0 Å². The van der Waals surface area contributed by atoms with E-state index in [1.54, 1.807) is 0 Å². The van der Waals surface area contributed by atoms with Gasteiger partial charge in [0.25, 0.3) is 0 Å². The third-order valence-corrected chi connectivity index (χ3v) is 2.39. The van der Waals surface area contributed by atoms with Crippen LogP contribution in [0, 0.1) is 5.92 Å². The molecule has 0 amide bonds. The molecule has 1 aliphatic rings. The van der Waals surface area contributed by atoms with Crippen LogP contribution in [0.1, 0.15) is 26.2 Å². The monoisotopic (exact) mass is 157 g/mol.